The predicted molar refractivity (Wildman–Crippen MR) is 69.4 cm³/mol. The summed E-state index contributed by atoms with van der Waals surface area (Å²) in [5.41, 5.74) is 6.89. The van der Waals surface area contributed by atoms with Crippen LogP contribution in [0.5, 0.6) is 0 Å². The van der Waals surface area contributed by atoms with Crippen LogP contribution in [0.2, 0.25) is 0 Å². The molecule has 2 rings (SSSR count). The Labute approximate surface area is 99.7 Å². The molecule has 2 heterocycles. The summed E-state index contributed by atoms with van der Waals surface area (Å²) in [6, 6.07) is 0.445. The van der Waals surface area contributed by atoms with Gasteiger partial charge in [0.25, 0.3) is 0 Å². The van der Waals surface area contributed by atoms with Gasteiger partial charge in [-0.15, -0.1) is 11.3 Å². The molecule has 2 N–H and O–H groups in total. The number of fused-ring (bicyclic) bond motifs is 1. The quantitative estimate of drug-likeness (QED) is 0.882. The van der Waals surface area contributed by atoms with E-state index in [0.29, 0.717) is 12.6 Å². The molecule has 0 radical (unpaired) electrons. The van der Waals surface area contributed by atoms with Crippen molar-refractivity contribution in [2.45, 2.75) is 26.3 Å². The molecule has 5 heteroatoms. The molecule has 0 atom stereocenters. The number of nitrogens with zero attached hydrogens (tertiary/aromatic N) is 3. The number of hydrogen-bond acceptors (Lipinski definition) is 4. The Morgan fingerprint density at radius 1 is 1.56 bits per heavy atom. The highest BCUT2D eigenvalue weighted by atomic mass is 32.1. The van der Waals surface area contributed by atoms with Crippen molar-refractivity contribution in [1.82, 2.24) is 9.38 Å². The van der Waals surface area contributed by atoms with Crippen molar-refractivity contribution in [3.8, 4) is 0 Å². The van der Waals surface area contributed by atoms with Crippen molar-refractivity contribution < 1.29 is 0 Å². The van der Waals surface area contributed by atoms with Gasteiger partial charge in [-0.1, -0.05) is 0 Å². The normalized spacial score (nSPS) is 11.6. The Morgan fingerprint density at radius 3 is 2.94 bits per heavy atom. The van der Waals surface area contributed by atoms with Gasteiger partial charge in [-0.3, -0.25) is 4.40 Å². The number of aromatic nitrogens is 2. The zero-order chi connectivity index (χ0) is 11.7. The van der Waals surface area contributed by atoms with E-state index in [9.17, 15) is 0 Å². The lowest BCUT2D eigenvalue weighted by atomic mass is 10.2. The minimum Gasteiger partial charge on any atom is -0.356 e. The predicted octanol–water partition coefficient (Wildman–Crippen LogP) is 1.74. The first-order chi connectivity index (χ1) is 7.65. The van der Waals surface area contributed by atoms with Crippen LogP contribution in [0.15, 0.2) is 11.6 Å². The van der Waals surface area contributed by atoms with Gasteiger partial charge in [0.1, 0.15) is 0 Å². The standard InChI is InChI=1S/C11H18N4S/c1-8(2)14(3)10-9(4-5-12)15-6-7-16-11(15)13-10/h6-8H,4-5,12H2,1-3H3. The molecule has 0 aliphatic carbocycles. The largest absolute Gasteiger partial charge is 0.356 e. The third-order valence-corrected chi connectivity index (χ3v) is 3.59. The van der Waals surface area contributed by atoms with Gasteiger partial charge in [-0.25, -0.2) is 4.98 Å². The summed E-state index contributed by atoms with van der Waals surface area (Å²) < 4.78 is 2.14. The highest BCUT2D eigenvalue weighted by Gasteiger charge is 2.17. The Balaban J connectivity index is 2.50. The van der Waals surface area contributed by atoms with Crippen LogP contribution in [0.1, 0.15) is 19.5 Å². The summed E-state index contributed by atoms with van der Waals surface area (Å²) in [6.45, 7) is 4.99. The topological polar surface area (TPSA) is 46.6 Å². The summed E-state index contributed by atoms with van der Waals surface area (Å²) in [4.78, 5) is 7.91. The van der Waals surface area contributed by atoms with Crippen LogP contribution in [0, 0.1) is 0 Å². The van der Waals surface area contributed by atoms with Crippen LogP contribution < -0.4 is 10.6 Å². The van der Waals surface area contributed by atoms with Gasteiger partial charge in [0, 0.05) is 31.1 Å². The van der Waals surface area contributed by atoms with Gasteiger partial charge in [0.2, 0.25) is 0 Å². The molecule has 0 aliphatic heterocycles. The van der Waals surface area contributed by atoms with Crippen molar-refractivity contribution in [3.05, 3.63) is 17.3 Å². The molecule has 0 aromatic carbocycles. The maximum Gasteiger partial charge on any atom is 0.195 e. The second kappa shape index (κ2) is 4.43. The summed E-state index contributed by atoms with van der Waals surface area (Å²) in [5, 5.41) is 2.06. The van der Waals surface area contributed by atoms with E-state index in [1.54, 1.807) is 11.3 Å². The van der Waals surface area contributed by atoms with Gasteiger partial charge >= 0.3 is 0 Å². The third-order valence-electron chi connectivity index (χ3n) is 2.83. The zero-order valence-corrected chi connectivity index (χ0v) is 10.8. The van der Waals surface area contributed by atoms with Crippen molar-refractivity contribution >= 4 is 22.1 Å². The molecule has 0 amide bonds. The monoisotopic (exact) mass is 238 g/mol. The van der Waals surface area contributed by atoms with Crippen molar-refractivity contribution in [3.63, 3.8) is 0 Å². The third kappa shape index (κ3) is 1.81. The van der Waals surface area contributed by atoms with Crippen molar-refractivity contribution in [2.75, 3.05) is 18.5 Å². The van der Waals surface area contributed by atoms with E-state index in [2.05, 4.69) is 46.8 Å². The molecule has 88 valence electrons. The molecule has 2 aromatic heterocycles. The lowest BCUT2D eigenvalue weighted by molar-refractivity contribution is 0.737. The number of rotatable bonds is 4. The van der Waals surface area contributed by atoms with E-state index >= 15 is 0 Å². The second-order valence-corrected chi connectivity index (χ2v) is 5.05. The summed E-state index contributed by atoms with van der Waals surface area (Å²) in [7, 11) is 2.08. The van der Waals surface area contributed by atoms with E-state index < -0.39 is 0 Å². The van der Waals surface area contributed by atoms with Gasteiger partial charge in [0.05, 0.1) is 5.69 Å². The van der Waals surface area contributed by atoms with Gasteiger partial charge in [-0.2, -0.15) is 0 Å². The molecule has 0 unspecified atom stereocenters. The molecular weight excluding hydrogens is 220 g/mol. The zero-order valence-electron chi connectivity index (χ0n) is 9.97. The van der Waals surface area contributed by atoms with Crippen LogP contribution in [0.25, 0.3) is 4.96 Å². The van der Waals surface area contributed by atoms with Crippen LogP contribution in [0.4, 0.5) is 5.82 Å². The Morgan fingerprint density at radius 2 is 2.31 bits per heavy atom. The summed E-state index contributed by atoms with van der Waals surface area (Å²) in [6.07, 6.45) is 2.93. The number of anilines is 1. The Bertz CT molecular complexity index is 471. The number of nitrogens with two attached hydrogens (primary N) is 1. The highest BCUT2D eigenvalue weighted by Crippen LogP contribution is 2.25. The fourth-order valence-electron chi connectivity index (χ4n) is 1.72. The van der Waals surface area contributed by atoms with E-state index in [1.165, 1.54) is 5.69 Å². The first-order valence-corrected chi connectivity index (χ1v) is 6.40. The Hall–Kier alpha value is -1.07. The number of thiazole rings is 1. The minimum absolute atomic E-state index is 0.445. The van der Waals surface area contributed by atoms with Crippen molar-refractivity contribution in [2.24, 2.45) is 5.73 Å². The van der Waals surface area contributed by atoms with E-state index in [0.717, 1.165) is 17.2 Å². The molecule has 2 aromatic rings. The molecule has 16 heavy (non-hydrogen) atoms. The second-order valence-electron chi connectivity index (χ2n) is 4.18. The Kier molecular flexibility index (Phi) is 3.16. The smallest absolute Gasteiger partial charge is 0.195 e. The first-order valence-electron chi connectivity index (χ1n) is 5.52. The minimum atomic E-state index is 0.445. The molecule has 0 bridgehead atoms. The van der Waals surface area contributed by atoms with Crippen LogP contribution in [-0.2, 0) is 6.42 Å². The maximum absolute atomic E-state index is 5.67. The van der Waals surface area contributed by atoms with Crippen LogP contribution in [0.3, 0.4) is 0 Å². The number of imidazole rings is 1. The number of hydrogen-bond donors (Lipinski definition) is 1. The molecule has 0 fully saturated rings. The van der Waals surface area contributed by atoms with Crippen LogP contribution in [-0.4, -0.2) is 29.0 Å². The first kappa shape index (κ1) is 11.4. The molecule has 4 nitrogen and oxygen atoms in total. The maximum atomic E-state index is 5.67. The highest BCUT2D eigenvalue weighted by molar-refractivity contribution is 7.15. The van der Waals surface area contributed by atoms with Gasteiger partial charge in [0.15, 0.2) is 10.8 Å². The lowest BCUT2D eigenvalue weighted by Crippen LogP contribution is -2.27. The summed E-state index contributed by atoms with van der Waals surface area (Å²) in [5.74, 6) is 1.06. The summed E-state index contributed by atoms with van der Waals surface area (Å²) >= 11 is 1.66. The SMILES string of the molecule is CC(C)N(C)c1nc2sccn2c1CCN. The van der Waals surface area contributed by atoms with E-state index in [4.69, 9.17) is 5.73 Å². The fourth-order valence-corrected chi connectivity index (χ4v) is 2.45. The van der Waals surface area contributed by atoms with Crippen molar-refractivity contribution in [1.29, 1.82) is 0 Å². The van der Waals surface area contributed by atoms with E-state index in [-0.39, 0.29) is 0 Å². The molecule has 0 saturated heterocycles. The fraction of sp³-hybridized carbons (Fsp3) is 0.545. The molecule has 0 spiro atoms. The molecule has 0 aliphatic rings. The van der Waals surface area contributed by atoms with Gasteiger partial charge < -0.3 is 10.6 Å². The average molecular weight is 238 g/mol. The molecule has 0 saturated carbocycles. The average Bonchev–Trinajstić information content (AvgIpc) is 2.79. The van der Waals surface area contributed by atoms with Gasteiger partial charge in [-0.05, 0) is 20.4 Å². The van der Waals surface area contributed by atoms with Crippen LogP contribution >= 0.6 is 11.3 Å². The molecular formula is C11H18N4S. The lowest BCUT2D eigenvalue weighted by Gasteiger charge is -2.22. The van der Waals surface area contributed by atoms with E-state index in [1.807, 2.05) is 0 Å².